The topological polar surface area (TPSA) is 52.6 Å². The fraction of sp³-hybridized carbons (Fsp3) is 0.733. The van der Waals surface area contributed by atoms with Crippen LogP contribution in [0.5, 0.6) is 0 Å². The van der Waals surface area contributed by atoms with Crippen molar-refractivity contribution in [2.24, 2.45) is 64.1 Å². The number of ketones is 2. The van der Waals surface area contributed by atoms with Gasteiger partial charge in [-0.05, 0) is 154 Å². The first-order valence-electron chi connectivity index (χ1n) is 20.6. The third-order valence-corrected chi connectivity index (χ3v) is 17.2. The number of carbonyl (C=O) groups excluding carboxylic acids is 2. The second-order valence-corrected chi connectivity index (χ2v) is 18.2. The molecule has 5 saturated carbocycles. The van der Waals surface area contributed by atoms with Gasteiger partial charge in [-0.15, -0.1) is 0 Å². The molecule has 8 aliphatic carbocycles. The Morgan fingerprint density at radius 3 is 1.98 bits per heavy atom. The van der Waals surface area contributed by atoms with Crippen LogP contribution in [0.1, 0.15) is 117 Å². The van der Waals surface area contributed by atoms with Crippen molar-refractivity contribution in [2.45, 2.75) is 128 Å². The molecule has 10 rings (SSSR count). The van der Waals surface area contributed by atoms with Crippen LogP contribution in [-0.2, 0) is 19.1 Å². The summed E-state index contributed by atoms with van der Waals surface area (Å²) in [5.74, 6) is 7.39. The molecule has 5 fully saturated rings. The van der Waals surface area contributed by atoms with E-state index in [1.807, 2.05) is 12.2 Å². The summed E-state index contributed by atoms with van der Waals surface area (Å²) in [6.45, 7) is 8.88. The van der Waals surface area contributed by atoms with Crippen molar-refractivity contribution in [3.63, 3.8) is 0 Å². The van der Waals surface area contributed by atoms with Gasteiger partial charge in [0.15, 0.2) is 11.6 Å². The molecule has 0 aromatic heterocycles. The Morgan fingerprint density at radius 1 is 0.714 bits per heavy atom. The van der Waals surface area contributed by atoms with Gasteiger partial charge in [0.25, 0.3) is 0 Å². The molecule has 13 atom stereocenters. The van der Waals surface area contributed by atoms with Crippen molar-refractivity contribution in [1.82, 2.24) is 0 Å². The van der Waals surface area contributed by atoms with Crippen LogP contribution in [0.3, 0.4) is 0 Å². The van der Waals surface area contributed by atoms with E-state index in [4.69, 9.17) is 9.47 Å². The lowest BCUT2D eigenvalue weighted by Gasteiger charge is -2.58. The van der Waals surface area contributed by atoms with Crippen molar-refractivity contribution >= 4 is 11.6 Å². The van der Waals surface area contributed by atoms with Gasteiger partial charge >= 0.3 is 0 Å². The molecule has 0 radical (unpaired) electrons. The third kappa shape index (κ3) is 4.60. The van der Waals surface area contributed by atoms with Crippen molar-refractivity contribution in [3.8, 4) is 0 Å². The molecule has 0 aromatic rings. The highest BCUT2D eigenvalue weighted by molar-refractivity contribution is 5.92. The summed E-state index contributed by atoms with van der Waals surface area (Å²) in [5, 5.41) is 0. The summed E-state index contributed by atoms with van der Waals surface area (Å²) in [5.41, 5.74) is 3.57. The van der Waals surface area contributed by atoms with E-state index >= 15 is 0 Å². The number of fused-ring (bicyclic) bond motifs is 12. The quantitative estimate of drug-likeness (QED) is 0.276. The number of hydrogen-bond donors (Lipinski definition) is 0. The van der Waals surface area contributed by atoms with Gasteiger partial charge in [0, 0.05) is 23.7 Å². The predicted octanol–water partition coefficient (Wildman–Crippen LogP) is 9.71. The molecule has 0 amide bonds. The largest absolute Gasteiger partial charge is 0.366 e. The Kier molecular flexibility index (Phi) is 8.05. The van der Waals surface area contributed by atoms with Crippen molar-refractivity contribution in [3.05, 3.63) is 59.8 Å². The van der Waals surface area contributed by atoms with Crippen molar-refractivity contribution < 1.29 is 19.1 Å². The minimum Gasteiger partial charge on any atom is -0.366 e. The van der Waals surface area contributed by atoms with E-state index in [0.717, 1.165) is 80.8 Å². The number of hydrogen-bond acceptors (Lipinski definition) is 4. The molecule has 4 heteroatoms. The summed E-state index contributed by atoms with van der Waals surface area (Å²) < 4.78 is 12.8. The maximum atomic E-state index is 11.9. The number of rotatable bonds is 2. The molecule has 0 saturated heterocycles. The highest BCUT2D eigenvalue weighted by atomic mass is 16.5. The summed E-state index contributed by atoms with van der Waals surface area (Å²) >= 11 is 0. The smallest absolute Gasteiger partial charge is 0.155 e. The summed E-state index contributed by atoms with van der Waals surface area (Å²) in [4.78, 5) is 23.7. The Bertz CT molecular complexity index is 1530. The first-order valence-corrected chi connectivity index (χ1v) is 20.6. The maximum absolute atomic E-state index is 11.9. The van der Waals surface area contributed by atoms with Crippen LogP contribution in [0.25, 0.3) is 0 Å². The lowest BCUT2D eigenvalue weighted by Crippen LogP contribution is -2.55. The van der Waals surface area contributed by atoms with Crippen LogP contribution >= 0.6 is 0 Å². The zero-order valence-electron chi connectivity index (χ0n) is 30.5. The average molecular weight is 665 g/mol. The zero-order valence-corrected chi connectivity index (χ0v) is 30.5. The molecule has 2 heterocycles. The first-order chi connectivity index (χ1) is 23.8. The standard InChI is InChI=1S/C23H32O2.C22H28O2/c1-3-22-10-7-19-18-6-5-17(24)14-16(18)13-15(2)21(19)20(22)8-11-23(22)9-4-12-25-23;1-2-21-11-8-18-17-7-5-16(23)14-15(17)4-6-19(18)20(21)9-12-22(21)10-3-13-24-22/h4,9,14-15,18-21H,3,5-8,10-13H2,1-2H3;3-4,6,10,14,17-20H,2,5,7-9,11-13H2,1H3/t15?,18-,19?,20?,21?,22-,23-;17-,18?,19?,20?,21-,22-/m00/s1. The second kappa shape index (κ2) is 12.0. The normalized spacial score (nSPS) is 50.1. The maximum Gasteiger partial charge on any atom is 0.155 e. The molecule has 264 valence electrons. The highest BCUT2D eigenvalue weighted by Gasteiger charge is 2.66. The van der Waals surface area contributed by atoms with Gasteiger partial charge in [-0.25, -0.2) is 0 Å². The fourth-order valence-corrected chi connectivity index (χ4v) is 15.3. The van der Waals surface area contributed by atoms with Crippen LogP contribution in [0.2, 0.25) is 0 Å². The van der Waals surface area contributed by atoms with Crippen LogP contribution in [0.4, 0.5) is 0 Å². The van der Waals surface area contributed by atoms with E-state index in [1.54, 1.807) is 0 Å². The number of ether oxygens (including phenoxy) is 2. The minimum atomic E-state index is 0.0177. The average Bonchev–Trinajstić information content (AvgIpc) is 3.92. The Labute approximate surface area is 295 Å². The monoisotopic (exact) mass is 664 g/mol. The van der Waals surface area contributed by atoms with Crippen LogP contribution in [0, 0.1) is 64.1 Å². The molecular weight excluding hydrogens is 604 g/mol. The Hall–Kier alpha value is -2.04. The number of carbonyl (C=O) groups is 2. The molecule has 10 aliphatic rings. The molecule has 2 spiro atoms. The molecule has 49 heavy (non-hydrogen) atoms. The van der Waals surface area contributed by atoms with E-state index < -0.39 is 0 Å². The summed E-state index contributed by atoms with van der Waals surface area (Å²) in [6, 6.07) is 0. The molecule has 2 aliphatic heterocycles. The van der Waals surface area contributed by atoms with Gasteiger partial charge in [0.2, 0.25) is 0 Å². The third-order valence-electron chi connectivity index (χ3n) is 17.2. The SMILES string of the molecule is CC[C@]12CCC3C(C(C)CC4=CC(=O)CC[C@@H]43)C1CC[C@@]21C=CCO1.CC[C@]12CCC3C(C=CC4=CC(=O)CC[C@@H]43)C1CC[C@@]21C=CCO1. The molecule has 0 bridgehead atoms. The second-order valence-electron chi connectivity index (χ2n) is 18.2. The number of allylic oxidation sites excluding steroid dienone is 5. The zero-order chi connectivity index (χ0) is 33.6. The molecule has 7 unspecified atom stereocenters. The summed E-state index contributed by atoms with van der Waals surface area (Å²) in [7, 11) is 0. The van der Waals surface area contributed by atoms with Gasteiger partial charge in [-0.1, -0.05) is 62.8 Å². The van der Waals surface area contributed by atoms with Gasteiger partial charge in [-0.2, -0.15) is 0 Å². The lowest BCUT2D eigenvalue weighted by atomic mass is 9.47. The minimum absolute atomic E-state index is 0.0177. The predicted molar refractivity (Wildman–Crippen MR) is 194 cm³/mol. The van der Waals surface area contributed by atoms with Crippen LogP contribution in [0.15, 0.2) is 59.8 Å². The fourth-order valence-electron chi connectivity index (χ4n) is 15.3. The molecular formula is C45H60O4. The van der Waals surface area contributed by atoms with E-state index in [-0.39, 0.29) is 11.2 Å². The van der Waals surface area contributed by atoms with Crippen LogP contribution < -0.4 is 0 Å². The molecule has 0 N–H and O–H groups in total. The van der Waals surface area contributed by atoms with E-state index in [1.165, 1.54) is 75.4 Å². The lowest BCUT2D eigenvalue weighted by molar-refractivity contribution is -0.132. The van der Waals surface area contributed by atoms with Crippen molar-refractivity contribution in [2.75, 3.05) is 13.2 Å². The van der Waals surface area contributed by atoms with Gasteiger partial charge in [0.1, 0.15) is 0 Å². The highest BCUT2D eigenvalue weighted by Crippen LogP contribution is 2.70. The summed E-state index contributed by atoms with van der Waals surface area (Å²) in [6.07, 6.45) is 35.8. The Balaban J connectivity index is 0.000000133. The van der Waals surface area contributed by atoms with Gasteiger partial charge in [-0.3, -0.25) is 9.59 Å². The first kappa shape index (κ1) is 32.8. The van der Waals surface area contributed by atoms with Crippen LogP contribution in [-0.4, -0.2) is 36.0 Å². The van der Waals surface area contributed by atoms with Gasteiger partial charge in [0.05, 0.1) is 24.4 Å². The van der Waals surface area contributed by atoms with E-state index in [9.17, 15) is 9.59 Å². The molecule has 4 nitrogen and oxygen atoms in total. The van der Waals surface area contributed by atoms with E-state index in [0.29, 0.717) is 40.2 Å². The van der Waals surface area contributed by atoms with Crippen molar-refractivity contribution in [1.29, 1.82) is 0 Å². The van der Waals surface area contributed by atoms with Gasteiger partial charge < -0.3 is 9.47 Å². The van der Waals surface area contributed by atoms with E-state index in [2.05, 4.69) is 57.2 Å². The Morgan fingerprint density at radius 2 is 1.33 bits per heavy atom. The molecule has 0 aromatic carbocycles.